The largest absolute Gasteiger partial charge is 0.379 e. The standard InChI is InChI=1S/C14H24O2/c1-2-16-14-9-5-12(6-10-14)11-3-7-13(15)8-4-11/h11-12,14H,2-10H2,1H3. The number of rotatable bonds is 3. The Morgan fingerprint density at radius 3 is 2.12 bits per heavy atom. The number of hydrogen-bond donors (Lipinski definition) is 0. The highest BCUT2D eigenvalue weighted by atomic mass is 16.5. The summed E-state index contributed by atoms with van der Waals surface area (Å²) >= 11 is 0. The zero-order chi connectivity index (χ0) is 11.4. The van der Waals surface area contributed by atoms with Gasteiger partial charge in [0.05, 0.1) is 6.10 Å². The molecule has 2 heteroatoms. The van der Waals surface area contributed by atoms with Crippen molar-refractivity contribution in [3.63, 3.8) is 0 Å². The molecular weight excluding hydrogens is 200 g/mol. The SMILES string of the molecule is CCOC1CCC(C2CCC(=O)CC2)CC1. The fourth-order valence-electron chi connectivity index (χ4n) is 3.40. The normalized spacial score (nSPS) is 32.9. The van der Waals surface area contributed by atoms with Crippen LogP contribution < -0.4 is 0 Å². The molecule has 0 spiro atoms. The minimum Gasteiger partial charge on any atom is -0.379 e. The molecule has 2 aliphatic rings. The van der Waals surface area contributed by atoms with Crippen molar-refractivity contribution in [2.75, 3.05) is 6.61 Å². The zero-order valence-corrected chi connectivity index (χ0v) is 10.4. The molecule has 2 nitrogen and oxygen atoms in total. The van der Waals surface area contributed by atoms with Gasteiger partial charge in [-0.1, -0.05) is 0 Å². The number of hydrogen-bond acceptors (Lipinski definition) is 2. The Kier molecular flexibility index (Phi) is 4.39. The molecule has 0 bridgehead atoms. The molecule has 0 aromatic carbocycles. The van der Waals surface area contributed by atoms with Gasteiger partial charge in [0.25, 0.3) is 0 Å². The van der Waals surface area contributed by atoms with Crippen molar-refractivity contribution in [3.05, 3.63) is 0 Å². The van der Waals surface area contributed by atoms with Gasteiger partial charge in [0.2, 0.25) is 0 Å². The second-order valence-electron chi connectivity index (χ2n) is 5.37. The Morgan fingerprint density at radius 2 is 1.56 bits per heavy atom. The Balaban J connectivity index is 1.74. The number of ketones is 1. The highest BCUT2D eigenvalue weighted by molar-refractivity contribution is 5.79. The molecule has 0 N–H and O–H groups in total. The summed E-state index contributed by atoms with van der Waals surface area (Å²) < 4.78 is 5.68. The number of Topliss-reactive ketones (excluding diaryl/α,β-unsaturated/α-hetero) is 1. The fraction of sp³-hybridized carbons (Fsp3) is 0.929. The molecule has 0 amide bonds. The second-order valence-corrected chi connectivity index (χ2v) is 5.37. The van der Waals surface area contributed by atoms with Crippen LogP contribution in [0.5, 0.6) is 0 Å². The van der Waals surface area contributed by atoms with Crippen molar-refractivity contribution in [2.24, 2.45) is 11.8 Å². The number of carbonyl (C=O) groups is 1. The molecule has 16 heavy (non-hydrogen) atoms. The van der Waals surface area contributed by atoms with Gasteiger partial charge in [-0.25, -0.2) is 0 Å². The first kappa shape index (κ1) is 12.1. The summed E-state index contributed by atoms with van der Waals surface area (Å²) in [4.78, 5) is 11.2. The van der Waals surface area contributed by atoms with Crippen LogP contribution in [-0.2, 0) is 9.53 Å². The van der Waals surface area contributed by atoms with Crippen molar-refractivity contribution in [2.45, 2.75) is 64.4 Å². The van der Waals surface area contributed by atoms with Crippen molar-refractivity contribution >= 4 is 5.78 Å². The van der Waals surface area contributed by atoms with Crippen molar-refractivity contribution in [3.8, 4) is 0 Å². The zero-order valence-electron chi connectivity index (χ0n) is 10.4. The van der Waals surface area contributed by atoms with E-state index in [1.807, 2.05) is 0 Å². The van der Waals surface area contributed by atoms with Gasteiger partial charge in [-0.15, -0.1) is 0 Å². The molecule has 0 unspecified atom stereocenters. The molecule has 2 saturated carbocycles. The molecule has 2 fully saturated rings. The van der Waals surface area contributed by atoms with Crippen LogP contribution in [0.2, 0.25) is 0 Å². The average molecular weight is 224 g/mol. The molecular formula is C14H24O2. The smallest absolute Gasteiger partial charge is 0.132 e. The van der Waals surface area contributed by atoms with Gasteiger partial charge < -0.3 is 4.74 Å². The molecule has 0 aromatic heterocycles. The summed E-state index contributed by atoms with van der Waals surface area (Å²) in [5.74, 6) is 2.20. The lowest BCUT2D eigenvalue weighted by Crippen LogP contribution is -2.28. The van der Waals surface area contributed by atoms with Gasteiger partial charge in [-0.05, 0) is 57.3 Å². The first-order valence-electron chi connectivity index (χ1n) is 6.93. The summed E-state index contributed by atoms with van der Waals surface area (Å²) in [7, 11) is 0. The first-order chi connectivity index (χ1) is 7.79. The third kappa shape index (κ3) is 3.07. The van der Waals surface area contributed by atoms with Crippen LogP contribution in [0.4, 0.5) is 0 Å². The van der Waals surface area contributed by atoms with Crippen LogP contribution in [0.25, 0.3) is 0 Å². The number of carbonyl (C=O) groups excluding carboxylic acids is 1. The fourth-order valence-corrected chi connectivity index (χ4v) is 3.40. The van der Waals surface area contributed by atoms with Crippen LogP contribution in [0, 0.1) is 11.8 Å². The van der Waals surface area contributed by atoms with E-state index in [0.717, 1.165) is 44.1 Å². The van der Waals surface area contributed by atoms with Crippen molar-refractivity contribution in [1.82, 2.24) is 0 Å². The first-order valence-corrected chi connectivity index (χ1v) is 6.93. The van der Waals surface area contributed by atoms with Crippen molar-refractivity contribution < 1.29 is 9.53 Å². The maximum absolute atomic E-state index is 11.2. The summed E-state index contributed by atoms with van der Waals surface area (Å²) in [5, 5.41) is 0. The van der Waals surface area contributed by atoms with E-state index in [9.17, 15) is 4.79 Å². The minimum absolute atomic E-state index is 0.485. The molecule has 2 aliphatic carbocycles. The Bertz CT molecular complexity index is 219. The molecule has 0 saturated heterocycles. The minimum atomic E-state index is 0.485. The molecule has 2 rings (SSSR count). The van der Waals surface area contributed by atoms with Gasteiger partial charge in [0, 0.05) is 19.4 Å². The van der Waals surface area contributed by atoms with Crippen LogP contribution in [0.1, 0.15) is 58.3 Å². The lowest BCUT2D eigenvalue weighted by Gasteiger charge is -2.35. The Labute approximate surface area is 98.7 Å². The maximum atomic E-state index is 11.2. The maximum Gasteiger partial charge on any atom is 0.132 e. The summed E-state index contributed by atoms with van der Waals surface area (Å²) in [6, 6.07) is 0. The predicted octanol–water partition coefficient (Wildman–Crippen LogP) is 3.34. The van der Waals surface area contributed by atoms with Gasteiger partial charge in [-0.3, -0.25) is 4.79 Å². The lowest BCUT2D eigenvalue weighted by molar-refractivity contribution is -0.121. The van der Waals surface area contributed by atoms with Crippen LogP contribution in [0.15, 0.2) is 0 Å². The van der Waals surface area contributed by atoms with E-state index >= 15 is 0 Å². The Hall–Kier alpha value is -0.370. The van der Waals surface area contributed by atoms with Gasteiger partial charge in [0.15, 0.2) is 0 Å². The van der Waals surface area contributed by atoms with Crippen LogP contribution in [-0.4, -0.2) is 18.5 Å². The van der Waals surface area contributed by atoms with E-state index in [2.05, 4.69) is 6.92 Å². The topological polar surface area (TPSA) is 26.3 Å². The third-order valence-corrected chi connectivity index (χ3v) is 4.38. The van der Waals surface area contributed by atoms with E-state index in [4.69, 9.17) is 4.74 Å². The third-order valence-electron chi connectivity index (χ3n) is 4.38. The second kappa shape index (κ2) is 5.81. The van der Waals surface area contributed by atoms with Gasteiger partial charge >= 0.3 is 0 Å². The van der Waals surface area contributed by atoms with Crippen molar-refractivity contribution in [1.29, 1.82) is 0 Å². The average Bonchev–Trinajstić information content (AvgIpc) is 2.32. The summed E-state index contributed by atoms with van der Waals surface area (Å²) in [6.07, 6.45) is 9.64. The van der Waals surface area contributed by atoms with E-state index < -0.39 is 0 Å². The van der Waals surface area contributed by atoms with Gasteiger partial charge in [0.1, 0.15) is 5.78 Å². The van der Waals surface area contributed by atoms with Crippen LogP contribution >= 0.6 is 0 Å². The number of ether oxygens (including phenoxy) is 1. The summed E-state index contributed by atoms with van der Waals surface area (Å²) in [6.45, 7) is 2.94. The predicted molar refractivity (Wildman–Crippen MR) is 64.3 cm³/mol. The lowest BCUT2D eigenvalue weighted by atomic mass is 9.72. The van der Waals surface area contributed by atoms with E-state index in [-0.39, 0.29) is 0 Å². The summed E-state index contributed by atoms with van der Waals surface area (Å²) in [5.41, 5.74) is 0. The molecule has 0 atom stereocenters. The molecule has 92 valence electrons. The van der Waals surface area contributed by atoms with E-state index in [1.165, 1.54) is 25.7 Å². The quantitative estimate of drug-likeness (QED) is 0.735. The Morgan fingerprint density at radius 1 is 1.00 bits per heavy atom. The monoisotopic (exact) mass is 224 g/mol. The molecule has 0 aliphatic heterocycles. The van der Waals surface area contributed by atoms with Gasteiger partial charge in [-0.2, -0.15) is 0 Å². The van der Waals surface area contributed by atoms with Crippen LogP contribution in [0.3, 0.4) is 0 Å². The molecule has 0 aromatic rings. The molecule has 0 radical (unpaired) electrons. The van der Waals surface area contributed by atoms with E-state index in [1.54, 1.807) is 0 Å². The highest BCUT2D eigenvalue weighted by Crippen LogP contribution is 2.38. The molecule has 0 heterocycles. The highest BCUT2D eigenvalue weighted by Gasteiger charge is 2.30. The van der Waals surface area contributed by atoms with E-state index in [0.29, 0.717) is 11.9 Å².